The average molecular weight is 687 g/mol. The highest BCUT2D eigenvalue weighted by atomic mass is 16.5. The van der Waals surface area contributed by atoms with Crippen molar-refractivity contribution in [1.82, 2.24) is 20.9 Å². The molecule has 14 nitrogen and oxygen atoms in total. The predicted octanol–water partition coefficient (Wildman–Crippen LogP) is 2.99. The molecule has 6 N–H and O–H groups in total. The summed E-state index contributed by atoms with van der Waals surface area (Å²) >= 11 is 0. The molecule has 7 amide bonds. The number of carbonyl (C=O) groups is 7. The Bertz CT molecular complexity index is 1310. The zero-order valence-corrected chi connectivity index (χ0v) is 29.5. The molecule has 2 aliphatic rings. The van der Waals surface area contributed by atoms with Crippen molar-refractivity contribution in [3.8, 4) is 0 Å². The minimum atomic E-state index is -1.17. The van der Waals surface area contributed by atoms with Gasteiger partial charge in [-0.1, -0.05) is 53.2 Å². The second kappa shape index (κ2) is 20.1. The maximum atomic E-state index is 12.9. The second-order valence-electron chi connectivity index (χ2n) is 13.2. The van der Waals surface area contributed by atoms with Crippen LogP contribution < -0.4 is 27.0 Å². The van der Waals surface area contributed by atoms with E-state index in [4.69, 9.17) is 10.5 Å². The van der Waals surface area contributed by atoms with Crippen molar-refractivity contribution in [3.63, 3.8) is 0 Å². The van der Waals surface area contributed by atoms with Crippen molar-refractivity contribution in [2.75, 3.05) is 31.5 Å². The highest BCUT2D eigenvalue weighted by Gasteiger charge is 2.50. The van der Waals surface area contributed by atoms with Crippen molar-refractivity contribution in [2.24, 2.45) is 28.9 Å². The number of imide groups is 1. The number of unbranched alkanes of at least 4 members (excludes halogenated alkanes) is 2. The number of ether oxygens (including phenoxy) is 1. The molecule has 272 valence electrons. The third-order valence-electron chi connectivity index (χ3n) is 8.55. The molecule has 1 aliphatic carbocycles. The van der Waals surface area contributed by atoms with Crippen molar-refractivity contribution in [1.29, 1.82) is 0 Å². The van der Waals surface area contributed by atoms with E-state index in [0.717, 1.165) is 24.8 Å². The van der Waals surface area contributed by atoms with Crippen LogP contribution in [0.5, 0.6) is 0 Å². The SMILES string of the molecule is CC(C)C(=O)OCc1ccc(NC(=O)CNC(=O)C2(C(=O)NCCCCCN3C(=O)CC(C(C)C)C3=O)CCC2)cc1.CCCNC(N)=O. The fourth-order valence-corrected chi connectivity index (χ4v) is 5.28. The summed E-state index contributed by atoms with van der Waals surface area (Å²) in [5.74, 6) is -2.02. The van der Waals surface area contributed by atoms with Gasteiger partial charge in [-0.2, -0.15) is 0 Å². The van der Waals surface area contributed by atoms with Gasteiger partial charge in [-0.05, 0) is 62.1 Å². The maximum Gasteiger partial charge on any atom is 0.312 e. The first-order chi connectivity index (χ1) is 23.2. The topological polar surface area (TPSA) is 206 Å². The number of nitrogens with two attached hydrogens (primary N) is 1. The highest BCUT2D eigenvalue weighted by molar-refractivity contribution is 6.07. The lowest BCUT2D eigenvalue weighted by Crippen LogP contribution is -2.56. The summed E-state index contributed by atoms with van der Waals surface area (Å²) in [5.41, 5.74) is 4.87. The number of esters is 1. The molecule has 3 rings (SSSR count). The molecule has 14 heteroatoms. The number of rotatable bonds is 17. The fourth-order valence-electron chi connectivity index (χ4n) is 5.28. The van der Waals surface area contributed by atoms with Crippen LogP contribution in [0.4, 0.5) is 10.5 Å². The Kier molecular flexibility index (Phi) is 16.7. The Morgan fingerprint density at radius 1 is 0.918 bits per heavy atom. The zero-order valence-electron chi connectivity index (χ0n) is 29.5. The van der Waals surface area contributed by atoms with Crippen LogP contribution in [-0.4, -0.2) is 72.6 Å². The lowest BCUT2D eigenvalue weighted by atomic mass is 9.67. The Labute approximate surface area is 289 Å². The van der Waals surface area contributed by atoms with Crippen LogP contribution in [-0.2, 0) is 40.1 Å². The Hall–Kier alpha value is -4.49. The van der Waals surface area contributed by atoms with Crippen LogP contribution in [0.25, 0.3) is 0 Å². The van der Waals surface area contributed by atoms with E-state index in [2.05, 4.69) is 21.3 Å². The minimum Gasteiger partial charge on any atom is -0.461 e. The molecule has 0 bridgehead atoms. The average Bonchev–Trinajstić information content (AvgIpc) is 3.32. The van der Waals surface area contributed by atoms with Gasteiger partial charge in [0.1, 0.15) is 12.0 Å². The Morgan fingerprint density at radius 3 is 2.08 bits per heavy atom. The molecular formula is C35H54N6O8. The van der Waals surface area contributed by atoms with Crippen LogP contribution in [0.2, 0.25) is 0 Å². The van der Waals surface area contributed by atoms with Gasteiger partial charge in [-0.3, -0.25) is 33.7 Å². The summed E-state index contributed by atoms with van der Waals surface area (Å²) in [7, 11) is 0. The normalized spacial score (nSPS) is 16.3. The van der Waals surface area contributed by atoms with Crippen LogP contribution in [0.1, 0.15) is 91.5 Å². The number of nitrogens with one attached hydrogen (secondary N) is 4. The molecular weight excluding hydrogens is 632 g/mol. The number of nitrogens with zero attached hydrogens (tertiary/aromatic N) is 1. The van der Waals surface area contributed by atoms with E-state index < -0.39 is 23.3 Å². The second-order valence-corrected chi connectivity index (χ2v) is 13.2. The molecule has 1 unspecified atom stereocenters. The van der Waals surface area contributed by atoms with Gasteiger partial charge in [0.25, 0.3) is 0 Å². The lowest BCUT2D eigenvalue weighted by molar-refractivity contribution is -0.150. The van der Waals surface area contributed by atoms with Crippen LogP contribution in [0.3, 0.4) is 0 Å². The summed E-state index contributed by atoms with van der Waals surface area (Å²) in [6, 6.07) is 6.40. The molecule has 1 aromatic carbocycles. The number of benzene rings is 1. The Morgan fingerprint density at radius 2 is 1.57 bits per heavy atom. The number of hydrogen-bond acceptors (Lipinski definition) is 8. The van der Waals surface area contributed by atoms with E-state index in [1.165, 1.54) is 4.90 Å². The monoisotopic (exact) mass is 686 g/mol. The van der Waals surface area contributed by atoms with Gasteiger partial charge in [-0.25, -0.2) is 4.79 Å². The van der Waals surface area contributed by atoms with Gasteiger partial charge in [0.05, 0.1) is 12.5 Å². The van der Waals surface area contributed by atoms with Crippen molar-refractivity contribution >= 4 is 47.2 Å². The summed E-state index contributed by atoms with van der Waals surface area (Å²) in [6.45, 7) is 10.7. The highest BCUT2D eigenvalue weighted by Crippen LogP contribution is 2.41. The molecule has 0 spiro atoms. The van der Waals surface area contributed by atoms with Gasteiger partial charge in [0.15, 0.2) is 0 Å². The molecule has 1 atom stereocenters. The number of carbonyl (C=O) groups excluding carboxylic acids is 7. The lowest BCUT2D eigenvalue weighted by Gasteiger charge is -2.38. The fraction of sp³-hybridized carbons (Fsp3) is 0.629. The smallest absolute Gasteiger partial charge is 0.312 e. The molecule has 0 radical (unpaired) electrons. The van der Waals surface area contributed by atoms with E-state index in [9.17, 15) is 33.6 Å². The van der Waals surface area contributed by atoms with Crippen LogP contribution in [0.15, 0.2) is 24.3 Å². The molecule has 1 saturated heterocycles. The predicted molar refractivity (Wildman–Crippen MR) is 183 cm³/mol. The van der Waals surface area contributed by atoms with Crippen molar-refractivity contribution in [3.05, 3.63) is 29.8 Å². The van der Waals surface area contributed by atoms with Gasteiger partial charge < -0.3 is 31.7 Å². The standard InChI is InChI=1S/C31H44N4O7.C4H10N2O/c1-20(2)24-17-26(37)35(27(24)38)16-7-5-6-15-32-29(40)31(13-8-14-31)30(41)33-18-25(36)34-23-11-9-22(10-12-23)19-42-28(39)21(3)4;1-2-3-6-4(5)7/h9-12,20-21,24H,5-8,13-19H2,1-4H3,(H,32,40)(H,33,41)(H,34,36);2-3H2,1H3,(H3,5,6,7). The molecule has 1 aromatic rings. The molecule has 1 heterocycles. The summed E-state index contributed by atoms with van der Waals surface area (Å²) < 4.78 is 5.19. The third-order valence-corrected chi connectivity index (χ3v) is 8.55. The van der Waals surface area contributed by atoms with E-state index >= 15 is 0 Å². The molecule has 1 saturated carbocycles. The number of primary amides is 1. The van der Waals surface area contributed by atoms with Gasteiger partial charge in [-0.15, -0.1) is 0 Å². The molecule has 1 aliphatic heterocycles. The first-order valence-corrected chi connectivity index (χ1v) is 17.2. The number of urea groups is 1. The third kappa shape index (κ3) is 12.8. The maximum absolute atomic E-state index is 12.9. The van der Waals surface area contributed by atoms with E-state index in [1.807, 2.05) is 20.8 Å². The summed E-state index contributed by atoms with van der Waals surface area (Å²) in [5, 5.41) is 10.6. The van der Waals surface area contributed by atoms with Gasteiger partial charge in [0, 0.05) is 37.7 Å². The quantitative estimate of drug-likeness (QED) is 0.0711. The molecule has 2 fully saturated rings. The van der Waals surface area contributed by atoms with Gasteiger partial charge in [0.2, 0.25) is 29.5 Å². The summed E-state index contributed by atoms with van der Waals surface area (Å²) in [4.78, 5) is 85.6. The number of anilines is 1. The van der Waals surface area contributed by atoms with Crippen LogP contribution in [0, 0.1) is 23.2 Å². The number of hydrogen-bond donors (Lipinski definition) is 5. The number of likely N-dealkylation sites (tertiary alicyclic amines) is 1. The van der Waals surface area contributed by atoms with E-state index in [-0.39, 0.29) is 61.0 Å². The largest absolute Gasteiger partial charge is 0.461 e. The van der Waals surface area contributed by atoms with Crippen molar-refractivity contribution in [2.45, 2.75) is 92.6 Å². The number of amides is 7. The first-order valence-electron chi connectivity index (χ1n) is 17.2. The summed E-state index contributed by atoms with van der Waals surface area (Å²) in [6.07, 6.45) is 4.86. The van der Waals surface area contributed by atoms with Gasteiger partial charge >= 0.3 is 12.0 Å². The Balaban J connectivity index is 0.00000107. The minimum absolute atomic E-state index is 0.0887. The van der Waals surface area contributed by atoms with E-state index in [1.54, 1.807) is 38.1 Å². The molecule has 49 heavy (non-hydrogen) atoms. The molecule has 0 aromatic heterocycles. The van der Waals surface area contributed by atoms with E-state index in [0.29, 0.717) is 51.0 Å². The first kappa shape index (κ1) is 40.7. The van der Waals surface area contributed by atoms with Crippen LogP contribution >= 0.6 is 0 Å². The zero-order chi connectivity index (χ0) is 36.6. The van der Waals surface area contributed by atoms with Crippen molar-refractivity contribution < 1.29 is 38.3 Å².